The zero-order chi connectivity index (χ0) is 22.7. The average Bonchev–Trinajstić information content (AvgIpc) is 2.79. The van der Waals surface area contributed by atoms with Crippen molar-refractivity contribution in [3.63, 3.8) is 0 Å². The van der Waals surface area contributed by atoms with Crippen LogP contribution < -0.4 is 4.74 Å². The van der Waals surface area contributed by atoms with Crippen LogP contribution in [0.5, 0.6) is 5.75 Å². The minimum atomic E-state index is -3.49. The molecule has 0 radical (unpaired) electrons. The van der Waals surface area contributed by atoms with Gasteiger partial charge in [-0.05, 0) is 30.5 Å². The Labute approximate surface area is 194 Å². The van der Waals surface area contributed by atoms with E-state index in [9.17, 15) is 13.5 Å². The average molecular weight is 475 g/mol. The minimum Gasteiger partial charge on any atom is -0.489 e. The number of nitrogens with zero attached hydrogens (tertiary/aromatic N) is 2. The summed E-state index contributed by atoms with van der Waals surface area (Å²) >= 11 is 6.46. The van der Waals surface area contributed by atoms with Gasteiger partial charge in [0.05, 0.1) is 9.92 Å². The molecule has 32 heavy (non-hydrogen) atoms. The van der Waals surface area contributed by atoms with E-state index in [4.69, 9.17) is 16.3 Å². The number of piperazine rings is 1. The summed E-state index contributed by atoms with van der Waals surface area (Å²) in [6.07, 6.45) is -0.710. The van der Waals surface area contributed by atoms with E-state index in [1.807, 2.05) is 43.3 Å². The van der Waals surface area contributed by atoms with Crippen molar-refractivity contribution >= 4 is 32.4 Å². The van der Waals surface area contributed by atoms with E-state index in [1.165, 1.54) is 4.31 Å². The number of halogens is 1. The highest BCUT2D eigenvalue weighted by Crippen LogP contribution is 2.32. The third-order valence-corrected chi connectivity index (χ3v) is 8.02. The number of β-amino-alcohol motifs (C(OH)–C–C–N with tert-alkyl or cyclic N) is 1. The summed E-state index contributed by atoms with van der Waals surface area (Å²) in [5.74, 6) is 0.540. The molecule has 0 spiro atoms. The molecule has 170 valence electrons. The number of aryl methyl sites for hydroxylation is 1. The van der Waals surface area contributed by atoms with E-state index in [2.05, 4.69) is 4.90 Å². The van der Waals surface area contributed by atoms with Gasteiger partial charge >= 0.3 is 0 Å². The van der Waals surface area contributed by atoms with Gasteiger partial charge in [0, 0.05) is 38.1 Å². The summed E-state index contributed by atoms with van der Waals surface area (Å²) in [5, 5.41) is 12.9. The zero-order valence-electron chi connectivity index (χ0n) is 17.9. The second kappa shape index (κ2) is 9.77. The fourth-order valence-electron chi connectivity index (χ4n) is 3.87. The van der Waals surface area contributed by atoms with Gasteiger partial charge in [0.2, 0.25) is 10.0 Å². The standard InChI is InChI=1S/C24H27ClN2O4S/c1-18-6-9-21(10-7-18)32(29,30)27-14-12-26(13-15-27)16-20(28)17-31-23-11-8-19-4-2-3-5-22(19)24(23)25/h2-11,20,28H,12-17H2,1H3. The third kappa shape index (κ3) is 5.08. The second-order valence-corrected chi connectivity index (χ2v) is 10.4. The van der Waals surface area contributed by atoms with Crippen LogP contribution in [0.4, 0.5) is 0 Å². The molecule has 1 aliphatic rings. The summed E-state index contributed by atoms with van der Waals surface area (Å²) in [4.78, 5) is 2.37. The highest BCUT2D eigenvalue weighted by Gasteiger charge is 2.29. The van der Waals surface area contributed by atoms with Crippen LogP contribution in [0, 0.1) is 6.92 Å². The van der Waals surface area contributed by atoms with Crippen LogP contribution in [0.3, 0.4) is 0 Å². The summed E-state index contributed by atoms with van der Waals surface area (Å²) in [6.45, 7) is 4.33. The predicted octanol–water partition coefficient (Wildman–Crippen LogP) is 3.55. The van der Waals surface area contributed by atoms with E-state index < -0.39 is 16.1 Å². The highest BCUT2D eigenvalue weighted by atomic mass is 35.5. The van der Waals surface area contributed by atoms with Crippen molar-refractivity contribution in [3.8, 4) is 5.75 Å². The second-order valence-electron chi connectivity index (χ2n) is 8.08. The molecular formula is C24H27ClN2O4S. The van der Waals surface area contributed by atoms with Crippen LogP contribution in [0.25, 0.3) is 10.8 Å². The van der Waals surface area contributed by atoms with Crippen molar-refractivity contribution in [1.82, 2.24) is 9.21 Å². The monoisotopic (exact) mass is 474 g/mol. The first-order valence-electron chi connectivity index (χ1n) is 10.6. The Bertz CT molecular complexity index is 1180. The molecule has 1 heterocycles. The Morgan fingerprint density at radius 2 is 1.69 bits per heavy atom. The van der Waals surface area contributed by atoms with Crippen LogP contribution in [-0.4, -0.2) is 68.2 Å². The van der Waals surface area contributed by atoms with Gasteiger partial charge in [-0.3, -0.25) is 4.90 Å². The van der Waals surface area contributed by atoms with E-state index in [0.717, 1.165) is 16.3 Å². The number of benzene rings is 3. The fourth-order valence-corrected chi connectivity index (χ4v) is 5.59. The molecule has 3 aromatic rings. The lowest BCUT2D eigenvalue weighted by molar-refractivity contribution is 0.0569. The first-order chi connectivity index (χ1) is 15.3. The maximum Gasteiger partial charge on any atom is 0.243 e. The van der Waals surface area contributed by atoms with Gasteiger partial charge in [0.25, 0.3) is 0 Å². The quantitative estimate of drug-likeness (QED) is 0.567. The van der Waals surface area contributed by atoms with Gasteiger partial charge in [0.1, 0.15) is 18.5 Å². The molecule has 1 N–H and O–H groups in total. The van der Waals surface area contributed by atoms with Gasteiger partial charge in [-0.25, -0.2) is 8.42 Å². The van der Waals surface area contributed by atoms with Crippen LogP contribution in [0.1, 0.15) is 5.56 Å². The number of aliphatic hydroxyl groups is 1. The molecule has 1 aliphatic heterocycles. The third-order valence-electron chi connectivity index (χ3n) is 5.72. The number of ether oxygens (including phenoxy) is 1. The lowest BCUT2D eigenvalue weighted by atomic mass is 10.1. The largest absolute Gasteiger partial charge is 0.489 e. The van der Waals surface area contributed by atoms with E-state index in [-0.39, 0.29) is 6.61 Å². The number of sulfonamides is 1. The number of hydrogen-bond acceptors (Lipinski definition) is 5. The zero-order valence-corrected chi connectivity index (χ0v) is 19.5. The molecule has 1 unspecified atom stereocenters. The van der Waals surface area contributed by atoms with Gasteiger partial charge in [-0.15, -0.1) is 0 Å². The van der Waals surface area contributed by atoms with Gasteiger partial charge in [-0.1, -0.05) is 59.6 Å². The molecule has 3 aromatic carbocycles. The SMILES string of the molecule is Cc1ccc(S(=O)(=O)N2CCN(CC(O)COc3ccc4ccccc4c3Cl)CC2)cc1. The van der Waals surface area contributed by atoms with E-state index in [1.54, 1.807) is 24.3 Å². The number of rotatable bonds is 7. The molecule has 0 bridgehead atoms. The summed E-state index contributed by atoms with van der Waals surface area (Å²) in [5.41, 5.74) is 1.02. The summed E-state index contributed by atoms with van der Waals surface area (Å²) in [7, 11) is -3.49. The normalized spacial score (nSPS) is 16.8. The molecule has 4 rings (SSSR count). The first kappa shape index (κ1) is 23.0. The van der Waals surface area contributed by atoms with Crippen molar-refractivity contribution in [2.75, 3.05) is 39.3 Å². The lowest BCUT2D eigenvalue weighted by Gasteiger charge is -2.34. The molecule has 0 saturated carbocycles. The lowest BCUT2D eigenvalue weighted by Crippen LogP contribution is -2.50. The van der Waals surface area contributed by atoms with Crippen LogP contribution in [0.2, 0.25) is 5.02 Å². The number of fused-ring (bicyclic) bond motifs is 1. The molecule has 6 nitrogen and oxygen atoms in total. The Balaban J connectivity index is 1.29. The summed E-state index contributed by atoms with van der Waals surface area (Å²) in [6, 6.07) is 18.5. The smallest absolute Gasteiger partial charge is 0.243 e. The van der Waals surface area contributed by atoms with Crippen molar-refractivity contribution in [2.45, 2.75) is 17.9 Å². The number of hydrogen-bond donors (Lipinski definition) is 1. The van der Waals surface area contributed by atoms with Gasteiger partial charge < -0.3 is 9.84 Å². The Morgan fingerprint density at radius 1 is 1.00 bits per heavy atom. The Hall–Kier alpha value is -2.16. The topological polar surface area (TPSA) is 70.1 Å². The maximum atomic E-state index is 12.8. The minimum absolute atomic E-state index is 0.111. The van der Waals surface area contributed by atoms with Crippen molar-refractivity contribution < 1.29 is 18.3 Å². The predicted molar refractivity (Wildman–Crippen MR) is 127 cm³/mol. The van der Waals surface area contributed by atoms with Crippen molar-refractivity contribution in [3.05, 3.63) is 71.2 Å². The maximum absolute atomic E-state index is 12.8. The molecule has 1 fully saturated rings. The molecule has 1 atom stereocenters. The highest BCUT2D eigenvalue weighted by molar-refractivity contribution is 7.89. The number of aliphatic hydroxyl groups excluding tert-OH is 1. The molecule has 8 heteroatoms. The molecule has 1 saturated heterocycles. The Morgan fingerprint density at radius 3 is 2.41 bits per heavy atom. The molecule has 0 aromatic heterocycles. The molecule has 0 aliphatic carbocycles. The van der Waals surface area contributed by atoms with Crippen molar-refractivity contribution in [2.24, 2.45) is 0 Å². The van der Waals surface area contributed by atoms with E-state index >= 15 is 0 Å². The van der Waals surface area contributed by atoms with Crippen LogP contribution >= 0.6 is 11.6 Å². The first-order valence-corrected chi connectivity index (χ1v) is 12.4. The van der Waals surface area contributed by atoms with Gasteiger partial charge in [0.15, 0.2) is 0 Å². The van der Waals surface area contributed by atoms with Crippen molar-refractivity contribution in [1.29, 1.82) is 0 Å². The fraction of sp³-hybridized carbons (Fsp3) is 0.333. The Kier molecular flexibility index (Phi) is 7.02. The summed E-state index contributed by atoms with van der Waals surface area (Å²) < 4.78 is 33.0. The molecular weight excluding hydrogens is 448 g/mol. The molecule has 0 amide bonds. The van der Waals surface area contributed by atoms with Crippen LogP contribution in [0.15, 0.2) is 65.6 Å². The van der Waals surface area contributed by atoms with Gasteiger partial charge in [-0.2, -0.15) is 4.31 Å². The van der Waals surface area contributed by atoms with Crippen LogP contribution in [-0.2, 0) is 10.0 Å². The van der Waals surface area contributed by atoms with E-state index in [0.29, 0.717) is 48.4 Å².